The van der Waals surface area contributed by atoms with Crippen LogP contribution in [0.15, 0.2) is 66.3 Å². The van der Waals surface area contributed by atoms with E-state index in [-0.39, 0.29) is 17.6 Å². The van der Waals surface area contributed by atoms with Crippen molar-refractivity contribution in [1.82, 2.24) is 14.8 Å². The average Bonchev–Trinajstić information content (AvgIpc) is 3.11. The van der Waals surface area contributed by atoms with E-state index in [1.165, 1.54) is 11.8 Å². The Morgan fingerprint density at radius 2 is 1.93 bits per heavy atom. The van der Waals surface area contributed by atoms with Crippen LogP contribution in [-0.4, -0.2) is 26.3 Å². The zero-order valence-electron chi connectivity index (χ0n) is 15.7. The number of carbonyl (C=O) groups excluding carboxylic acids is 1. The van der Waals surface area contributed by atoms with E-state index in [2.05, 4.69) is 16.8 Å². The van der Waals surface area contributed by atoms with Crippen LogP contribution in [-0.2, 0) is 6.54 Å². The minimum atomic E-state index is -0.385. The van der Waals surface area contributed by atoms with Crippen LogP contribution in [0.3, 0.4) is 0 Å². The van der Waals surface area contributed by atoms with E-state index < -0.39 is 0 Å². The van der Waals surface area contributed by atoms with Crippen LogP contribution in [0.25, 0.3) is 0 Å². The number of nitrogens with zero attached hydrogens (tertiary/aromatic N) is 3. The minimum Gasteiger partial charge on any atom is -0.481 e. The molecule has 0 aliphatic heterocycles. The average molecular weight is 448 g/mol. The molecular formula is C21H19Cl2N3O2S. The molecule has 0 aliphatic carbocycles. The summed E-state index contributed by atoms with van der Waals surface area (Å²) in [7, 11) is 0. The van der Waals surface area contributed by atoms with Gasteiger partial charge in [0.1, 0.15) is 5.75 Å². The van der Waals surface area contributed by atoms with Crippen LogP contribution in [0, 0.1) is 0 Å². The highest BCUT2D eigenvalue weighted by Crippen LogP contribution is 2.29. The van der Waals surface area contributed by atoms with Crippen molar-refractivity contribution >= 4 is 40.7 Å². The Labute approximate surface area is 183 Å². The first-order valence-corrected chi connectivity index (χ1v) is 10.6. The van der Waals surface area contributed by atoms with Gasteiger partial charge in [-0.1, -0.05) is 53.2 Å². The normalized spacial score (nSPS) is 11.8. The fraction of sp³-hybridized carbons (Fsp3) is 0.190. The Kier molecular flexibility index (Phi) is 7.36. The molecule has 150 valence electrons. The van der Waals surface area contributed by atoms with Gasteiger partial charge in [0.05, 0.1) is 10.8 Å². The Balaban J connectivity index is 1.74. The molecule has 29 heavy (non-hydrogen) atoms. The summed E-state index contributed by atoms with van der Waals surface area (Å²) in [5.74, 6) is 1.42. The molecule has 3 rings (SSSR count). The van der Waals surface area contributed by atoms with E-state index in [9.17, 15) is 4.79 Å². The van der Waals surface area contributed by atoms with E-state index in [1.54, 1.807) is 42.5 Å². The topological polar surface area (TPSA) is 57.0 Å². The molecule has 3 aromatic rings. The summed E-state index contributed by atoms with van der Waals surface area (Å²) in [6.45, 7) is 6.17. The first kappa shape index (κ1) is 21.4. The molecule has 0 saturated heterocycles. The summed E-state index contributed by atoms with van der Waals surface area (Å²) in [4.78, 5) is 12.4. The molecule has 2 aromatic carbocycles. The Morgan fingerprint density at radius 3 is 2.62 bits per heavy atom. The molecule has 0 amide bonds. The van der Waals surface area contributed by atoms with Crippen molar-refractivity contribution in [3.05, 3.63) is 82.6 Å². The number of rotatable bonds is 9. The number of ketones is 1. The van der Waals surface area contributed by atoms with Crippen LogP contribution in [0.2, 0.25) is 10.0 Å². The maximum atomic E-state index is 12.4. The van der Waals surface area contributed by atoms with Gasteiger partial charge in [0.15, 0.2) is 22.9 Å². The highest BCUT2D eigenvalue weighted by molar-refractivity contribution is 7.99. The van der Waals surface area contributed by atoms with Crippen LogP contribution >= 0.6 is 35.0 Å². The Bertz CT molecular complexity index is 1010. The maximum Gasteiger partial charge on any atom is 0.192 e. The van der Waals surface area contributed by atoms with Crippen molar-refractivity contribution in [2.24, 2.45) is 0 Å². The molecule has 0 aliphatic rings. The number of carbonyl (C=O) groups is 1. The summed E-state index contributed by atoms with van der Waals surface area (Å²) in [6, 6.07) is 14.1. The molecule has 1 atom stereocenters. The molecule has 5 nitrogen and oxygen atoms in total. The van der Waals surface area contributed by atoms with Gasteiger partial charge in [-0.15, -0.1) is 16.8 Å². The van der Waals surface area contributed by atoms with E-state index >= 15 is 0 Å². The van der Waals surface area contributed by atoms with E-state index in [0.717, 1.165) is 0 Å². The maximum absolute atomic E-state index is 12.4. The summed E-state index contributed by atoms with van der Waals surface area (Å²) >= 11 is 13.4. The summed E-state index contributed by atoms with van der Waals surface area (Å²) in [6.07, 6.45) is 1.36. The van der Waals surface area contributed by atoms with Crippen molar-refractivity contribution < 1.29 is 9.53 Å². The molecule has 1 unspecified atom stereocenters. The van der Waals surface area contributed by atoms with Crippen LogP contribution in [0.1, 0.15) is 29.2 Å². The minimum absolute atomic E-state index is 0.0123. The number of ether oxygens (including phenoxy) is 1. The molecule has 0 bridgehead atoms. The van der Waals surface area contributed by atoms with E-state index in [4.69, 9.17) is 27.9 Å². The number of aromatic nitrogens is 3. The monoisotopic (exact) mass is 447 g/mol. The summed E-state index contributed by atoms with van der Waals surface area (Å²) in [5.41, 5.74) is 0.604. The number of hydrogen-bond acceptors (Lipinski definition) is 5. The Hall–Kier alpha value is -2.28. The lowest BCUT2D eigenvalue weighted by atomic mass is 10.1. The number of allylic oxidation sites excluding steroid dienone is 1. The molecule has 1 aromatic heterocycles. The Morgan fingerprint density at radius 1 is 1.21 bits per heavy atom. The van der Waals surface area contributed by atoms with Crippen molar-refractivity contribution in [1.29, 1.82) is 0 Å². The van der Waals surface area contributed by atoms with Gasteiger partial charge in [0.2, 0.25) is 0 Å². The van der Waals surface area contributed by atoms with Crippen molar-refractivity contribution in [2.45, 2.75) is 24.7 Å². The van der Waals surface area contributed by atoms with Crippen LogP contribution in [0.5, 0.6) is 5.75 Å². The van der Waals surface area contributed by atoms with Gasteiger partial charge >= 0.3 is 0 Å². The third-order valence-electron chi connectivity index (χ3n) is 4.06. The first-order valence-electron chi connectivity index (χ1n) is 8.86. The number of halogens is 2. The molecule has 0 N–H and O–H groups in total. The molecule has 8 heteroatoms. The summed E-state index contributed by atoms with van der Waals surface area (Å²) in [5, 5.41) is 10.3. The predicted octanol–water partition coefficient (Wildman–Crippen LogP) is 5.89. The highest BCUT2D eigenvalue weighted by atomic mass is 35.5. The molecule has 0 spiro atoms. The third kappa shape index (κ3) is 5.41. The van der Waals surface area contributed by atoms with Gasteiger partial charge in [0, 0.05) is 17.1 Å². The number of thioether (sulfide) groups is 1. The smallest absolute Gasteiger partial charge is 0.192 e. The second-order valence-corrected chi connectivity index (χ2v) is 7.94. The van der Waals surface area contributed by atoms with Crippen molar-refractivity contribution in [2.75, 3.05) is 5.75 Å². The number of hydrogen-bond donors (Lipinski definition) is 0. The zero-order chi connectivity index (χ0) is 20.8. The van der Waals surface area contributed by atoms with Crippen molar-refractivity contribution in [3.63, 3.8) is 0 Å². The van der Waals surface area contributed by atoms with Gasteiger partial charge in [-0.25, -0.2) is 0 Å². The van der Waals surface area contributed by atoms with Gasteiger partial charge < -0.3 is 4.74 Å². The lowest BCUT2D eigenvalue weighted by Gasteiger charge is -2.16. The number of para-hydroxylation sites is 1. The SMILES string of the molecule is C=CCn1c(SCC(=O)c2ccc(Cl)cc2)nnc1C(C)Oc1ccccc1Cl. The summed E-state index contributed by atoms with van der Waals surface area (Å²) < 4.78 is 7.84. The largest absolute Gasteiger partial charge is 0.481 e. The zero-order valence-corrected chi connectivity index (χ0v) is 18.0. The lowest BCUT2D eigenvalue weighted by molar-refractivity contribution is 0.102. The third-order valence-corrected chi connectivity index (χ3v) is 5.59. The van der Waals surface area contributed by atoms with Crippen LogP contribution < -0.4 is 4.74 Å². The molecule has 0 radical (unpaired) electrons. The van der Waals surface area contributed by atoms with Crippen molar-refractivity contribution in [3.8, 4) is 5.75 Å². The van der Waals surface area contributed by atoms with Gasteiger partial charge in [-0.05, 0) is 43.3 Å². The number of benzene rings is 2. The lowest BCUT2D eigenvalue weighted by Crippen LogP contribution is -2.13. The molecular weight excluding hydrogens is 429 g/mol. The van der Waals surface area contributed by atoms with Crippen LogP contribution in [0.4, 0.5) is 0 Å². The second-order valence-electron chi connectivity index (χ2n) is 6.15. The van der Waals surface area contributed by atoms with E-state index in [0.29, 0.717) is 38.9 Å². The molecule has 1 heterocycles. The van der Waals surface area contributed by atoms with Gasteiger partial charge in [-0.3, -0.25) is 9.36 Å². The second kappa shape index (κ2) is 9.96. The fourth-order valence-electron chi connectivity index (χ4n) is 2.64. The van der Waals surface area contributed by atoms with Gasteiger partial charge in [-0.2, -0.15) is 0 Å². The highest BCUT2D eigenvalue weighted by Gasteiger charge is 2.20. The molecule has 0 fully saturated rings. The standard InChI is InChI=1S/C21H19Cl2N3O2S/c1-3-12-26-20(14(2)28-19-7-5-4-6-17(19)23)24-25-21(26)29-13-18(27)15-8-10-16(22)11-9-15/h3-11,14H,1,12-13H2,2H3. The van der Waals surface area contributed by atoms with Gasteiger partial charge in [0.25, 0.3) is 0 Å². The van der Waals surface area contributed by atoms with E-state index in [1.807, 2.05) is 23.6 Å². The predicted molar refractivity (Wildman–Crippen MR) is 117 cm³/mol. The quantitative estimate of drug-likeness (QED) is 0.232. The number of Topliss-reactive ketones (excluding diaryl/α,β-unsaturated/α-hetero) is 1. The first-order chi connectivity index (χ1) is 14.0. The molecule has 0 saturated carbocycles. The fourth-order valence-corrected chi connectivity index (χ4v) is 3.80.